The van der Waals surface area contributed by atoms with E-state index >= 15 is 0 Å². The highest BCUT2D eigenvalue weighted by molar-refractivity contribution is 7.89. The molecule has 3 aromatic rings. The molecule has 1 fully saturated rings. The zero-order chi connectivity index (χ0) is 22.9. The Morgan fingerprint density at radius 1 is 1.06 bits per heavy atom. The van der Waals surface area contributed by atoms with Crippen molar-refractivity contribution in [1.29, 1.82) is 0 Å². The number of likely N-dealkylation sites (N-methyl/N-ethyl adjacent to an activating group) is 1. The van der Waals surface area contributed by atoms with Crippen LogP contribution in [0.15, 0.2) is 47.4 Å². The molecule has 1 aromatic heterocycles. The van der Waals surface area contributed by atoms with E-state index in [1.165, 1.54) is 27.8 Å². The van der Waals surface area contributed by atoms with Crippen LogP contribution in [0.5, 0.6) is 0 Å². The van der Waals surface area contributed by atoms with Crippen molar-refractivity contribution >= 4 is 42.6 Å². The predicted octanol–water partition coefficient (Wildman–Crippen LogP) is 3.60. The van der Waals surface area contributed by atoms with Crippen molar-refractivity contribution in [3.63, 3.8) is 0 Å². The van der Waals surface area contributed by atoms with Crippen LogP contribution in [0.2, 0.25) is 0 Å². The van der Waals surface area contributed by atoms with Crippen LogP contribution in [0.1, 0.15) is 28.8 Å². The van der Waals surface area contributed by atoms with Crippen molar-refractivity contribution in [2.45, 2.75) is 24.7 Å². The first-order chi connectivity index (χ1) is 15.3. The molecular weight excluding hydrogens is 444 g/mol. The van der Waals surface area contributed by atoms with Gasteiger partial charge in [0.2, 0.25) is 10.0 Å². The molecule has 1 saturated heterocycles. The number of nitrogens with zero attached hydrogens (tertiary/aromatic N) is 4. The maximum atomic E-state index is 13.5. The number of para-hydroxylation sites is 1. The lowest BCUT2D eigenvalue weighted by Gasteiger charge is -2.22. The number of thiazole rings is 1. The second-order valence-corrected chi connectivity index (χ2v) is 11.3. The molecular formula is C23H28N4O3S2. The molecule has 0 unspecified atom stereocenters. The number of amides is 1. The fourth-order valence-corrected chi connectivity index (χ4v) is 6.36. The summed E-state index contributed by atoms with van der Waals surface area (Å²) in [6.45, 7) is 4.29. The van der Waals surface area contributed by atoms with Gasteiger partial charge in [0.05, 0.1) is 15.1 Å². The summed E-state index contributed by atoms with van der Waals surface area (Å²) in [6.07, 6.45) is 1.77. The van der Waals surface area contributed by atoms with Crippen LogP contribution in [0.25, 0.3) is 10.2 Å². The molecule has 1 aliphatic rings. The molecule has 0 atom stereocenters. The number of benzene rings is 2. The molecule has 1 aliphatic heterocycles. The molecule has 170 valence electrons. The third-order valence-corrected chi connectivity index (χ3v) is 8.62. The van der Waals surface area contributed by atoms with Gasteiger partial charge >= 0.3 is 0 Å². The first-order valence-corrected chi connectivity index (χ1v) is 13.0. The Balaban J connectivity index is 1.63. The highest BCUT2D eigenvalue weighted by atomic mass is 32.2. The minimum Gasteiger partial charge on any atom is -0.308 e. The van der Waals surface area contributed by atoms with Crippen LogP contribution in [0.4, 0.5) is 5.13 Å². The lowest BCUT2D eigenvalue weighted by atomic mass is 10.2. The molecule has 0 radical (unpaired) electrons. The molecule has 0 saturated carbocycles. The Hall–Kier alpha value is -2.33. The maximum Gasteiger partial charge on any atom is 0.260 e. The Bertz CT molecular complexity index is 1210. The van der Waals surface area contributed by atoms with Gasteiger partial charge in [-0.15, -0.1) is 0 Å². The SMILES string of the molecule is Cc1cccc2sc(N(CCN(C)C)C(=O)c3ccc(S(=O)(=O)N4CCCC4)cc3)nc12. The summed E-state index contributed by atoms with van der Waals surface area (Å²) in [5, 5.41) is 0.648. The average Bonchev–Trinajstić information content (AvgIpc) is 3.45. The monoisotopic (exact) mass is 472 g/mol. The largest absolute Gasteiger partial charge is 0.308 e. The van der Waals surface area contributed by atoms with E-state index in [9.17, 15) is 13.2 Å². The first kappa shape index (κ1) is 22.8. The summed E-state index contributed by atoms with van der Waals surface area (Å²) >= 11 is 1.49. The molecule has 9 heteroatoms. The third-order valence-electron chi connectivity index (χ3n) is 5.66. The van der Waals surface area contributed by atoms with Crippen LogP contribution in [0, 0.1) is 6.92 Å². The van der Waals surface area contributed by atoms with Gasteiger partial charge in [-0.3, -0.25) is 9.69 Å². The number of carbonyl (C=O) groups is 1. The average molecular weight is 473 g/mol. The smallest absolute Gasteiger partial charge is 0.260 e. The Labute approximate surface area is 193 Å². The second kappa shape index (κ2) is 9.27. The van der Waals surface area contributed by atoms with E-state index < -0.39 is 10.0 Å². The molecule has 1 amide bonds. The highest BCUT2D eigenvalue weighted by Gasteiger charge is 2.28. The minimum atomic E-state index is -3.51. The third kappa shape index (κ3) is 4.56. The van der Waals surface area contributed by atoms with Gasteiger partial charge in [-0.25, -0.2) is 13.4 Å². The van der Waals surface area contributed by atoms with Crippen molar-refractivity contribution in [2.24, 2.45) is 0 Å². The van der Waals surface area contributed by atoms with E-state index in [4.69, 9.17) is 4.98 Å². The summed E-state index contributed by atoms with van der Waals surface area (Å²) in [5.74, 6) is -0.186. The quantitative estimate of drug-likeness (QED) is 0.525. The van der Waals surface area contributed by atoms with Gasteiger partial charge in [0.1, 0.15) is 0 Å². The lowest BCUT2D eigenvalue weighted by molar-refractivity contribution is 0.0985. The molecule has 2 aromatic carbocycles. The van der Waals surface area contributed by atoms with Gasteiger partial charge < -0.3 is 4.90 Å². The summed E-state index contributed by atoms with van der Waals surface area (Å²) in [4.78, 5) is 22.1. The molecule has 0 bridgehead atoms. The summed E-state index contributed by atoms with van der Waals surface area (Å²) in [5.41, 5.74) is 2.42. The molecule has 0 aliphatic carbocycles. The second-order valence-electron chi connectivity index (χ2n) is 8.31. The predicted molar refractivity (Wildman–Crippen MR) is 129 cm³/mol. The zero-order valence-corrected chi connectivity index (χ0v) is 20.2. The van der Waals surface area contributed by atoms with Crippen molar-refractivity contribution in [3.8, 4) is 0 Å². The van der Waals surface area contributed by atoms with E-state index in [-0.39, 0.29) is 10.8 Å². The van der Waals surface area contributed by atoms with E-state index in [2.05, 4.69) is 0 Å². The Morgan fingerprint density at radius 3 is 2.38 bits per heavy atom. The number of aryl methyl sites for hydroxylation is 1. The van der Waals surface area contributed by atoms with Gasteiger partial charge in [0, 0.05) is 31.7 Å². The van der Waals surface area contributed by atoms with Crippen LogP contribution in [-0.4, -0.2) is 68.8 Å². The van der Waals surface area contributed by atoms with Crippen molar-refractivity contribution in [2.75, 3.05) is 45.2 Å². The number of hydrogen-bond donors (Lipinski definition) is 0. The number of carbonyl (C=O) groups excluding carboxylic acids is 1. The van der Waals surface area contributed by atoms with E-state index in [0.717, 1.165) is 28.6 Å². The van der Waals surface area contributed by atoms with Crippen LogP contribution in [-0.2, 0) is 10.0 Å². The maximum absolute atomic E-state index is 13.5. The minimum absolute atomic E-state index is 0.186. The topological polar surface area (TPSA) is 73.8 Å². The summed E-state index contributed by atoms with van der Waals surface area (Å²) in [7, 11) is 0.417. The number of sulfonamides is 1. The highest BCUT2D eigenvalue weighted by Crippen LogP contribution is 2.31. The fraction of sp³-hybridized carbons (Fsp3) is 0.391. The summed E-state index contributed by atoms with van der Waals surface area (Å²) < 4.78 is 28.1. The zero-order valence-electron chi connectivity index (χ0n) is 18.6. The van der Waals surface area contributed by atoms with Crippen LogP contribution >= 0.6 is 11.3 Å². The molecule has 0 N–H and O–H groups in total. The number of fused-ring (bicyclic) bond motifs is 1. The van der Waals surface area contributed by atoms with Gasteiger partial charge in [0.15, 0.2) is 5.13 Å². The number of hydrogen-bond acceptors (Lipinski definition) is 6. The van der Waals surface area contributed by atoms with E-state index in [1.807, 2.05) is 44.1 Å². The van der Waals surface area contributed by atoms with Crippen molar-refractivity contribution in [3.05, 3.63) is 53.6 Å². The fourth-order valence-electron chi connectivity index (χ4n) is 3.78. The molecule has 32 heavy (non-hydrogen) atoms. The van der Waals surface area contributed by atoms with Crippen molar-refractivity contribution < 1.29 is 13.2 Å². The Morgan fingerprint density at radius 2 is 1.75 bits per heavy atom. The van der Waals surface area contributed by atoms with Gasteiger partial charge in [-0.2, -0.15) is 4.31 Å². The standard InChI is InChI=1S/C23H28N4O3S2/c1-17-7-6-8-20-21(17)24-23(31-20)27(16-15-25(2)3)22(28)18-9-11-19(12-10-18)32(29,30)26-13-4-5-14-26/h6-12H,4-5,13-16H2,1-3H3. The molecule has 2 heterocycles. The van der Waals surface area contributed by atoms with Crippen LogP contribution in [0.3, 0.4) is 0 Å². The molecule has 0 spiro atoms. The number of aromatic nitrogens is 1. The number of anilines is 1. The molecule has 7 nitrogen and oxygen atoms in total. The van der Waals surface area contributed by atoms with Gasteiger partial charge in [-0.1, -0.05) is 23.5 Å². The van der Waals surface area contributed by atoms with E-state index in [1.54, 1.807) is 17.0 Å². The van der Waals surface area contributed by atoms with E-state index in [0.29, 0.717) is 36.9 Å². The number of rotatable bonds is 7. The van der Waals surface area contributed by atoms with Crippen molar-refractivity contribution in [1.82, 2.24) is 14.2 Å². The van der Waals surface area contributed by atoms with Gasteiger partial charge in [-0.05, 0) is 69.8 Å². The molecule has 4 rings (SSSR count). The van der Waals surface area contributed by atoms with Gasteiger partial charge in [0.25, 0.3) is 5.91 Å². The van der Waals surface area contributed by atoms with Crippen LogP contribution < -0.4 is 4.90 Å². The summed E-state index contributed by atoms with van der Waals surface area (Å²) in [6, 6.07) is 12.3. The normalized spacial score (nSPS) is 15.0. The lowest BCUT2D eigenvalue weighted by Crippen LogP contribution is -2.36. The Kier molecular flexibility index (Phi) is 6.62. The first-order valence-electron chi connectivity index (χ1n) is 10.7.